The second-order valence-corrected chi connectivity index (χ2v) is 7.84. The number of methoxy groups -OCH3 is 4. The number of carbonyl (C=O) groups excluding carboxylic acids is 4. The van der Waals surface area contributed by atoms with Crippen LogP contribution in [0.4, 0.5) is 4.39 Å². The minimum atomic E-state index is -2.17. The number of rotatable bonds is 8. The maximum Gasteiger partial charge on any atom is 0.373 e. The van der Waals surface area contributed by atoms with Crippen molar-refractivity contribution in [1.29, 1.82) is 0 Å². The van der Waals surface area contributed by atoms with E-state index in [1.165, 1.54) is 64.8 Å². The van der Waals surface area contributed by atoms with Crippen molar-refractivity contribution in [3.8, 4) is 0 Å². The average Bonchev–Trinajstić information content (AvgIpc) is 4.02. The van der Waals surface area contributed by atoms with Gasteiger partial charge < -0.3 is 78.2 Å². The van der Waals surface area contributed by atoms with Gasteiger partial charge in [0.25, 0.3) is 0 Å². The highest BCUT2D eigenvalue weighted by Crippen LogP contribution is 2.11. The number of ether oxygens (including phenoxy) is 4. The van der Waals surface area contributed by atoms with E-state index in [-0.39, 0.29) is 57.0 Å². The van der Waals surface area contributed by atoms with Gasteiger partial charge >= 0.3 is 47.8 Å². The zero-order valence-electron chi connectivity index (χ0n) is 31.8. The number of furan rings is 4. The van der Waals surface area contributed by atoms with Gasteiger partial charge in [0.2, 0.25) is 46.1 Å². The van der Waals surface area contributed by atoms with E-state index in [1.54, 1.807) is 0 Å². The van der Waals surface area contributed by atoms with Crippen LogP contribution in [-0.2, 0) is 18.9 Å². The number of aliphatic hydroxyl groups excluding tert-OH is 2. The maximum atomic E-state index is 10.9. The molecule has 0 aliphatic rings. The average molecular weight is 817 g/mol. The molecule has 4 aromatic heterocycles. The fourth-order valence-electron chi connectivity index (χ4n) is 2.65. The van der Waals surface area contributed by atoms with Gasteiger partial charge in [-0.2, -0.15) is 0 Å². The first-order valence-electron chi connectivity index (χ1n) is 14.5. The number of carboxylic acids is 4. The van der Waals surface area contributed by atoms with Gasteiger partial charge in [-0.05, 0) is 48.5 Å². The molecule has 0 spiro atoms. The predicted octanol–water partition coefficient (Wildman–Crippen LogP) is 1.21. The predicted molar refractivity (Wildman–Crippen MR) is 179 cm³/mol. The van der Waals surface area contributed by atoms with Gasteiger partial charge in [0, 0.05) is 14.2 Å². The molecule has 0 aliphatic carbocycles. The van der Waals surface area contributed by atoms with Crippen molar-refractivity contribution < 1.29 is 124 Å². The number of hydrogen-bond donors (Lipinski definition) is 6. The number of carboxylic acid groups (broad SMARTS) is 4. The largest absolute Gasteiger partial charge is 0.475 e. The molecule has 0 aromatic carbocycles. The number of aromatic carboxylic acids is 4. The third-order valence-electron chi connectivity index (χ3n) is 4.81. The van der Waals surface area contributed by atoms with E-state index in [9.17, 15) is 42.7 Å². The topological polar surface area (TPSA) is 410 Å². The Bertz CT molecular complexity index is 1710. The molecule has 0 saturated heterocycles. The van der Waals surface area contributed by atoms with Gasteiger partial charge in [-0.25, -0.2) is 38.4 Å². The molecule has 0 fully saturated rings. The van der Waals surface area contributed by atoms with Gasteiger partial charge in [0.05, 0.1) is 38.3 Å². The fraction of sp³-hybridized carbons (Fsp3) is 0.226. The Labute approximate surface area is 316 Å². The molecule has 0 radical (unpaired) electrons. The van der Waals surface area contributed by atoms with Crippen molar-refractivity contribution in [2.24, 2.45) is 0 Å². The third-order valence-corrected chi connectivity index (χ3v) is 4.81. The second-order valence-electron chi connectivity index (χ2n) is 7.84. The smallest absolute Gasteiger partial charge is 0.373 e. The molecule has 24 nitrogen and oxygen atoms in total. The normalized spacial score (nSPS) is 8.96. The van der Waals surface area contributed by atoms with Crippen molar-refractivity contribution in [3.05, 3.63) is 94.6 Å². The van der Waals surface area contributed by atoms with Crippen molar-refractivity contribution in [3.63, 3.8) is 0 Å². The molecule has 314 valence electrons. The Balaban J connectivity index is -0.000000201. The highest BCUT2D eigenvalue weighted by Gasteiger charge is 2.17. The summed E-state index contributed by atoms with van der Waals surface area (Å²) in [6.07, 6.45) is 0. The molecular formula is C31H39FO24. The summed E-state index contributed by atoms with van der Waals surface area (Å²) in [4.78, 5) is 84.1. The number of carbonyl (C=O) groups is 8. The SMILES string of the molecule is CO.CO.COC(=O)c1ccc(C(=O)O)o1.COC(=O)c1ccc(C(=O)O)o1.COC(=O)c1ccc(C(=O)OC)o1.O.O.O=C(O)c1ccc(C(=O)O)o1.[2H]C([2H])F. The third kappa shape index (κ3) is 20.6. The van der Waals surface area contributed by atoms with Crippen molar-refractivity contribution in [2.75, 3.05) is 49.8 Å². The van der Waals surface area contributed by atoms with Crippen LogP contribution < -0.4 is 0 Å². The summed E-state index contributed by atoms with van der Waals surface area (Å²) in [5, 5.41) is 47.4. The van der Waals surface area contributed by atoms with Crippen LogP contribution in [0.15, 0.2) is 66.2 Å². The van der Waals surface area contributed by atoms with Crippen molar-refractivity contribution >= 4 is 47.8 Å². The summed E-state index contributed by atoms with van der Waals surface area (Å²) >= 11 is 0. The van der Waals surface area contributed by atoms with Gasteiger partial charge in [-0.3, -0.25) is 4.39 Å². The Morgan fingerprint density at radius 1 is 0.429 bits per heavy atom. The first kappa shape index (κ1) is 53.0. The van der Waals surface area contributed by atoms with Gasteiger partial charge in [-0.15, -0.1) is 0 Å². The number of esters is 4. The number of halogens is 1. The molecule has 10 N–H and O–H groups in total. The molecule has 4 heterocycles. The van der Waals surface area contributed by atoms with Crippen molar-refractivity contribution in [2.45, 2.75) is 0 Å². The first-order valence-corrected chi connectivity index (χ1v) is 13.4. The Hall–Kier alpha value is -7.35. The Morgan fingerprint density at radius 2 is 0.554 bits per heavy atom. The van der Waals surface area contributed by atoms with Crippen LogP contribution in [0, 0.1) is 0 Å². The van der Waals surface area contributed by atoms with Crippen LogP contribution >= 0.6 is 0 Å². The molecule has 0 amide bonds. The van der Waals surface area contributed by atoms with Gasteiger partial charge in [0.15, 0.2) is 0 Å². The highest BCUT2D eigenvalue weighted by atomic mass is 19.1. The number of aliphatic hydroxyl groups is 2. The zero-order valence-corrected chi connectivity index (χ0v) is 29.8. The Morgan fingerprint density at radius 3 is 0.679 bits per heavy atom. The van der Waals surface area contributed by atoms with Crippen LogP contribution in [0.2, 0.25) is 0 Å². The lowest BCUT2D eigenvalue weighted by atomic mass is 10.4. The van der Waals surface area contributed by atoms with E-state index < -0.39 is 54.9 Å². The van der Waals surface area contributed by atoms with E-state index in [0.29, 0.717) is 0 Å². The standard InChI is InChI=1S/C8H8O5.2C7H6O5.C6H4O5.CH3F.2CH4O.2H2O/c1-11-7(9)5-3-4-6(13-5)8(10)12-2;2*1-11-7(10)5-3-2-4(12-5)6(8)9;7-5(8)3-1-2-4(11-3)6(9)10;3*1-2;;/h3-4H,1-2H3;2*2-3H,1H3,(H,8,9);1-2H,(H,7,8)(H,9,10);1H3;2*2H,1H3;2*1H2/i;;;;1D2;;;;. The molecule has 0 bridgehead atoms. The van der Waals surface area contributed by atoms with Gasteiger partial charge in [-0.1, -0.05) is 0 Å². The summed E-state index contributed by atoms with van der Waals surface area (Å²) in [5.74, 6) is -9.23. The van der Waals surface area contributed by atoms with E-state index >= 15 is 0 Å². The lowest BCUT2D eigenvalue weighted by molar-refractivity contribution is 0.0521. The maximum absolute atomic E-state index is 10.9. The molecule has 0 atom stereocenters. The summed E-state index contributed by atoms with van der Waals surface area (Å²) in [7, 11) is 4.65. The summed E-state index contributed by atoms with van der Waals surface area (Å²) in [6.45, 7) is 0. The van der Waals surface area contributed by atoms with Gasteiger partial charge in [0.1, 0.15) is 0 Å². The van der Waals surface area contributed by atoms with Crippen molar-refractivity contribution in [1.82, 2.24) is 0 Å². The molecule has 4 aromatic rings. The quantitative estimate of drug-likeness (QED) is 0.107. The lowest BCUT2D eigenvalue weighted by Crippen LogP contribution is -2.00. The summed E-state index contributed by atoms with van der Waals surface area (Å²) in [6, 6.07) is 9.74. The molecule has 0 unspecified atom stereocenters. The molecule has 0 aliphatic heterocycles. The van der Waals surface area contributed by atoms with E-state index in [0.717, 1.165) is 26.4 Å². The van der Waals surface area contributed by atoms with E-state index in [1.807, 2.05) is 0 Å². The van der Waals surface area contributed by atoms with Crippen LogP contribution in [0.25, 0.3) is 0 Å². The summed E-state index contributed by atoms with van der Waals surface area (Å²) < 4.78 is 57.4. The fourth-order valence-corrected chi connectivity index (χ4v) is 2.65. The minimum Gasteiger partial charge on any atom is -0.475 e. The highest BCUT2D eigenvalue weighted by molar-refractivity contribution is 5.92. The zero-order chi connectivity index (χ0) is 44.1. The van der Waals surface area contributed by atoms with Crippen LogP contribution in [0.3, 0.4) is 0 Å². The van der Waals surface area contributed by atoms with E-state index in [2.05, 4.69) is 32.2 Å². The van der Waals surface area contributed by atoms with E-state index in [4.69, 9.17) is 37.8 Å². The van der Waals surface area contributed by atoms with Crippen LogP contribution in [0.5, 0.6) is 0 Å². The number of hydrogen-bond acceptors (Lipinski definition) is 18. The first-order chi connectivity index (χ1) is 26.3. The second kappa shape index (κ2) is 32.3. The number of alkyl halides is 1. The summed E-state index contributed by atoms with van der Waals surface area (Å²) in [5.41, 5.74) is 0. The molecule has 4 rings (SSSR count). The molecule has 0 saturated carbocycles. The Kier molecular flexibility index (Phi) is 30.6. The van der Waals surface area contributed by atoms with Crippen LogP contribution in [0.1, 0.15) is 87.2 Å². The molecule has 56 heavy (non-hydrogen) atoms. The van der Waals surface area contributed by atoms with Crippen LogP contribution in [-0.4, -0.2) is 139 Å². The monoisotopic (exact) mass is 816 g/mol. The molecular weight excluding hydrogens is 775 g/mol. The lowest BCUT2D eigenvalue weighted by Gasteiger charge is -1.93. The molecule has 25 heteroatoms. The minimum absolute atomic E-state index is 0.